The Labute approximate surface area is 149 Å². The number of terminal acetylenes is 1. The molecule has 0 N–H and O–H groups in total. The summed E-state index contributed by atoms with van der Waals surface area (Å²) in [5, 5.41) is 0. The van der Waals surface area contributed by atoms with E-state index in [1.165, 1.54) is 12.1 Å². The Bertz CT molecular complexity index is 839. The SMILES string of the molecule is C#Cc1ccc(-c2ccc(C(=O)OC(C)(C)C)cc2)cc1OC(F)(F)F. The van der Waals surface area contributed by atoms with Gasteiger partial charge in [-0.1, -0.05) is 24.1 Å². The maximum absolute atomic E-state index is 12.5. The molecule has 3 nitrogen and oxygen atoms in total. The molecule has 0 aliphatic heterocycles. The Morgan fingerprint density at radius 3 is 2.08 bits per heavy atom. The van der Waals surface area contributed by atoms with Crippen molar-refractivity contribution in [3.05, 3.63) is 53.6 Å². The molecule has 0 radical (unpaired) electrons. The largest absolute Gasteiger partial charge is 0.573 e. The first-order valence-corrected chi connectivity index (χ1v) is 7.69. The van der Waals surface area contributed by atoms with Crippen molar-refractivity contribution >= 4 is 5.97 Å². The standard InChI is InChI=1S/C20H17F3O3/c1-5-13-6-11-16(12-17(13)25-20(21,22)23)14-7-9-15(10-8-14)18(24)26-19(2,3)4/h1,6-12H,2-4H3. The van der Waals surface area contributed by atoms with Crippen LogP contribution >= 0.6 is 0 Å². The fourth-order valence-corrected chi connectivity index (χ4v) is 2.17. The number of carbonyl (C=O) groups is 1. The summed E-state index contributed by atoms with van der Waals surface area (Å²) in [5.41, 5.74) is 0.795. The molecule has 2 rings (SSSR count). The highest BCUT2D eigenvalue weighted by Crippen LogP contribution is 2.31. The fraction of sp³-hybridized carbons (Fsp3) is 0.250. The van der Waals surface area contributed by atoms with E-state index in [0.29, 0.717) is 16.7 Å². The van der Waals surface area contributed by atoms with Crippen LogP contribution < -0.4 is 4.74 Å². The highest BCUT2D eigenvalue weighted by atomic mass is 19.4. The zero-order chi connectivity index (χ0) is 19.5. The predicted molar refractivity (Wildman–Crippen MR) is 91.7 cm³/mol. The summed E-state index contributed by atoms with van der Waals surface area (Å²) in [6.45, 7) is 5.28. The molecule has 0 spiro atoms. The van der Waals surface area contributed by atoms with Crippen molar-refractivity contribution in [2.75, 3.05) is 0 Å². The number of ether oxygens (including phenoxy) is 2. The lowest BCUT2D eigenvalue weighted by atomic mass is 10.0. The van der Waals surface area contributed by atoms with Crippen LogP contribution in [-0.2, 0) is 4.74 Å². The first-order valence-electron chi connectivity index (χ1n) is 7.69. The highest BCUT2D eigenvalue weighted by molar-refractivity contribution is 5.90. The van der Waals surface area contributed by atoms with E-state index in [4.69, 9.17) is 11.2 Å². The molecule has 0 atom stereocenters. The molecule has 0 heterocycles. The van der Waals surface area contributed by atoms with Crippen LogP contribution in [0.15, 0.2) is 42.5 Å². The third-order valence-electron chi connectivity index (χ3n) is 3.22. The summed E-state index contributed by atoms with van der Waals surface area (Å²) in [5.74, 6) is 1.23. The van der Waals surface area contributed by atoms with Gasteiger partial charge in [0.05, 0.1) is 11.1 Å². The van der Waals surface area contributed by atoms with Gasteiger partial charge in [0.2, 0.25) is 0 Å². The number of benzene rings is 2. The second-order valence-electron chi connectivity index (χ2n) is 6.48. The first kappa shape index (κ1) is 19.4. The molecule has 0 aliphatic carbocycles. The van der Waals surface area contributed by atoms with Crippen LogP contribution in [0.4, 0.5) is 13.2 Å². The summed E-state index contributed by atoms with van der Waals surface area (Å²) >= 11 is 0. The Kier molecular flexibility index (Phi) is 5.31. The van der Waals surface area contributed by atoms with Crippen LogP contribution in [0.25, 0.3) is 11.1 Å². The second kappa shape index (κ2) is 7.12. The third-order valence-corrected chi connectivity index (χ3v) is 3.22. The average Bonchev–Trinajstić information content (AvgIpc) is 2.52. The van der Waals surface area contributed by atoms with E-state index in [1.807, 2.05) is 0 Å². The zero-order valence-electron chi connectivity index (χ0n) is 14.5. The molecule has 0 aliphatic rings. The van der Waals surface area contributed by atoms with Gasteiger partial charge in [-0.15, -0.1) is 19.6 Å². The van der Waals surface area contributed by atoms with Crippen molar-refractivity contribution in [3.63, 3.8) is 0 Å². The molecule has 0 saturated carbocycles. The van der Waals surface area contributed by atoms with Gasteiger partial charge >= 0.3 is 12.3 Å². The van der Waals surface area contributed by atoms with Crippen LogP contribution in [0.1, 0.15) is 36.7 Å². The lowest BCUT2D eigenvalue weighted by molar-refractivity contribution is -0.274. The van der Waals surface area contributed by atoms with E-state index in [-0.39, 0.29) is 5.56 Å². The fourth-order valence-electron chi connectivity index (χ4n) is 2.17. The van der Waals surface area contributed by atoms with E-state index < -0.39 is 23.7 Å². The topological polar surface area (TPSA) is 35.5 Å². The zero-order valence-corrected chi connectivity index (χ0v) is 14.5. The molecular weight excluding hydrogens is 345 g/mol. The number of carbonyl (C=O) groups excluding carboxylic acids is 1. The molecular formula is C20H17F3O3. The van der Waals surface area contributed by atoms with Crippen LogP contribution in [0.5, 0.6) is 5.75 Å². The minimum Gasteiger partial charge on any atom is -0.456 e. The molecule has 2 aromatic carbocycles. The van der Waals surface area contributed by atoms with Crippen molar-refractivity contribution < 1.29 is 27.4 Å². The van der Waals surface area contributed by atoms with Crippen molar-refractivity contribution in [2.45, 2.75) is 32.7 Å². The molecule has 0 aromatic heterocycles. The van der Waals surface area contributed by atoms with Crippen molar-refractivity contribution in [1.29, 1.82) is 0 Å². The number of hydrogen-bond donors (Lipinski definition) is 0. The van der Waals surface area contributed by atoms with Crippen LogP contribution in [0, 0.1) is 12.3 Å². The maximum Gasteiger partial charge on any atom is 0.573 e. The molecule has 2 aromatic rings. The average molecular weight is 362 g/mol. The molecule has 0 saturated heterocycles. The molecule has 0 bridgehead atoms. The quantitative estimate of drug-likeness (QED) is 0.557. The number of alkyl halides is 3. The predicted octanol–water partition coefficient (Wildman–Crippen LogP) is 5.19. The number of esters is 1. The Balaban J connectivity index is 2.30. The van der Waals surface area contributed by atoms with Gasteiger partial charge in [-0.3, -0.25) is 0 Å². The second-order valence-corrected chi connectivity index (χ2v) is 6.48. The maximum atomic E-state index is 12.5. The minimum atomic E-state index is -4.84. The molecule has 136 valence electrons. The lowest BCUT2D eigenvalue weighted by Gasteiger charge is -2.19. The summed E-state index contributed by atoms with van der Waals surface area (Å²) in [4.78, 5) is 12.0. The van der Waals surface area contributed by atoms with E-state index in [0.717, 1.165) is 0 Å². The molecule has 0 unspecified atom stereocenters. The molecule has 0 fully saturated rings. The summed E-state index contributed by atoms with van der Waals surface area (Å²) in [6.07, 6.45) is 0.371. The van der Waals surface area contributed by atoms with Gasteiger partial charge in [-0.25, -0.2) is 4.79 Å². The van der Waals surface area contributed by atoms with Crippen molar-refractivity contribution in [2.24, 2.45) is 0 Å². The van der Waals surface area contributed by atoms with Gasteiger partial charge in [0, 0.05) is 0 Å². The molecule has 6 heteroatoms. The molecule has 0 amide bonds. The Hall–Kier alpha value is -2.94. The van der Waals surface area contributed by atoms with Gasteiger partial charge in [0.15, 0.2) is 0 Å². The summed E-state index contributed by atoms with van der Waals surface area (Å²) in [7, 11) is 0. The third kappa shape index (κ3) is 5.28. The lowest BCUT2D eigenvalue weighted by Crippen LogP contribution is -2.23. The van der Waals surface area contributed by atoms with E-state index in [1.54, 1.807) is 51.1 Å². The summed E-state index contributed by atoms with van der Waals surface area (Å²) < 4.78 is 46.8. The monoisotopic (exact) mass is 362 g/mol. The van der Waals surface area contributed by atoms with Gasteiger partial charge in [0.1, 0.15) is 11.4 Å². The first-order chi connectivity index (χ1) is 12.0. The number of rotatable bonds is 3. The van der Waals surface area contributed by atoms with E-state index in [2.05, 4.69) is 10.7 Å². The van der Waals surface area contributed by atoms with Gasteiger partial charge in [0.25, 0.3) is 0 Å². The van der Waals surface area contributed by atoms with Gasteiger partial charge in [-0.05, 0) is 56.2 Å². The molecule has 26 heavy (non-hydrogen) atoms. The van der Waals surface area contributed by atoms with Crippen LogP contribution in [-0.4, -0.2) is 17.9 Å². The van der Waals surface area contributed by atoms with Crippen LogP contribution in [0.2, 0.25) is 0 Å². The van der Waals surface area contributed by atoms with E-state index >= 15 is 0 Å². The highest BCUT2D eigenvalue weighted by Gasteiger charge is 2.32. The number of hydrogen-bond acceptors (Lipinski definition) is 3. The Morgan fingerprint density at radius 2 is 1.58 bits per heavy atom. The number of halogens is 3. The van der Waals surface area contributed by atoms with Crippen molar-refractivity contribution in [1.82, 2.24) is 0 Å². The minimum absolute atomic E-state index is 0.00329. The smallest absolute Gasteiger partial charge is 0.456 e. The van der Waals surface area contributed by atoms with Gasteiger partial charge < -0.3 is 9.47 Å². The van der Waals surface area contributed by atoms with Gasteiger partial charge in [-0.2, -0.15) is 0 Å². The van der Waals surface area contributed by atoms with Crippen LogP contribution in [0.3, 0.4) is 0 Å². The summed E-state index contributed by atoms with van der Waals surface area (Å²) in [6, 6.07) is 10.5. The van der Waals surface area contributed by atoms with E-state index in [9.17, 15) is 18.0 Å². The van der Waals surface area contributed by atoms with Crippen molar-refractivity contribution in [3.8, 4) is 29.2 Å². The Morgan fingerprint density at radius 1 is 1.00 bits per heavy atom. The normalized spacial score (nSPS) is 11.6.